The highest BCUT2D eigenvalue weighted by molar-refractivity contribution is 4.83. The van der Waals surface area contributed by atoms with E-state index < -0.39 is 0 Å². The minimum absolute atomic E-state index is 0.599. The van der Waals surface area contributed by atoms with Gasteiger partial charge in [0.25, 0.3) is 0 Å². The summed E-state index contributed by atoms with van der Waals surface area (Å²) < 4.78 is 0. The largest absolute Gasteiger partial charge is 0.329 e. The van der Waals surface area contributed by atoms with Gasteiger partial charge in [-0.1, -0.05) is 20.3 Å². The van der Waals surface area contributed by atoms with Gasteiger partial charge in [0.2, 0.25) is 0 Å². The third kappa shape index (κ3) is 3.72. The van der Waals surface area contributed by atoms with Crippen LogP contribution in [0.5, 0.6) is 0 Å². The first-order valence-electron chi connectivity index (χ1n) is 6.87. The highest BCUT2D eigenvalue weighted by Crippen LogP contribution is 2.17. The Kier molecular flexibility index (Phi) is 6.32. The molecule has 0 bridgehead atoms. The SMILES string of the molecule is CCCC(CN)N1CCCN(C)CC1CC. The van der Waals surface area contributed by atoms with Crippen molar-refractivity contribution in [1.82, 2.24) is 9.80 Å². The van der Waals surface area contributed by atoms with Crippen LogP contribution in [0.2, 0.25) is 0 Å². The molecule has 96 valence electrons. The third-order valence-corrected chi connectivity index (χ3v) is 3.78. The van der Waals surface area contributed by atoms with Crippen molar-refractivity contribution >= 4 is 0 Å². The van der Waals surface area contributed by atoms with Crippen LogP contribution in [0, 0.1) is 0 Å². The zero-order chi connectivity index (χ0) is 12.0. The second-order valence-corrected chi connectivity index (χ2v) is 5.09. The molecule has 2 atom stereocenters. The number of hydrogen-bond donors (Lipinski definition) is 1. The fraction of sp³-hybridized carbons (Fsp3) is 1.00. The zero-order valence-corrected chi connectivity index (χ0v) is 11.3. The number of nitrogens with two attached hydrogens (primary N) is 1. The van der Waals surface area contributed by atoms with Gasteiger partial charge in [0.15, 0.2) is 0 Å². The van der Waals surface area contributed by atoms with Crippen LogP contribution in [0.15, 0.2) is 0 Å². The Morgan fingerprint density at radius 3 is 2.62 bits per heavy atom. The van der Waals surface area contributed by atoms with Crippen molar-refractivity contribution < 1.29 is 0 Å². The molecule has 1 rings (SSSR count). The molecule has 16 heavy (non-hydrogen) atoms. The van der Waals surface area contributed by atoms with Crippen molar-refractivity contribution in [3.05, 3.63) is 0 Å². The lowest BCUT2D eigenvalue weighted by Gasteiger charge is -2.36. The van der Waals surface area contributed by atoms with Gasteiger partial charge in [-0.15, -0.1) is 0 Å². The Bertz CT molecular complexity index is 184. The summed E-state index contributed by atoms with van der Waals surface area (Å²) in [7, 11) is 2.24. The van der Waals surface area contributed by atoms with E-state index >= 15 is 0 Å². The summed E-state index contributed by atoms with van der Waals surface area (Å²) in [5, 5.41) is 0. The molecular formula is C13H29N3. The van der Waals surface area contributed by atoms with E-state index in [4.69, 9.17) is 5.73 Å². The van der Waals surface area contributed by atoms with E-state index in [1.165, 1.54) is 45.3 Å². The van der Waals surface area contributed by atoms with Gasteiger partial charge >= 0.3 is 0 Å². The Balaban J connectivity index is 2.65. The summed E-state index contributed by atoms with van der Waals surface area (Å²) in [4.78, 5) is 5.14. The molecule has 2 N–H and O–H groups in total. The van der Waals surface area contributed by atoms with E-state index in [9.17, 15) is 0 Å². The van der Waals surface area contributed by atoms with Crippen LogP contribution in [-0.4, -0.2) is 55.1 Å². The van der Waals surface area contributed by atoms with Crippen LogP contribution < -0.4 is 5.73 Å². The van der Waals surface area contributed by atoms with Crippen LogP contribution in [-0.2, 0) is 0 Å². The lowest BCUT2D eigenvalue weighted by atomic mass is 10.1. The average Bonchev–Trinajstić information content (AvgIpc) is 2.47. The summed E-state index contributed by atoms with van der Waals surface area (Å²) in [5.74, 6) is 0. The van der Waals surface area contributed by atoms with E-state index in [2.05, 4.69) is 30.7 Å². The molecule has 1 heterocycles. The topological polar surface area (TPSA) is 32.5 Å². The predicted molar refractivity (Wildman–Crippen MR) is 70.6 cm³/mol. The molecule has 0 amide bonds. The van der Waals surface area contributed by atoms with Gasteiger partial charge in [0, 0.05) is 31.7 Å². The van der Waals surface area contributed by atoms with Crippen molar-refractivity contribution in [2.45, 2.75) is 51.6 Å². The van der Waals surface area contributed by atoms with E-state index in [0.29, 0.717) is 12.1 Å². The highest BCUT2D eigenvalue weighted by atomic mass is 15.3. The second-order valence-electron chi connectivity index (χ2n) is 5.09. The van der Waals surface area contributed by atoms with Gasteiger partial charge in [-0.25, -0.2) is 0 Å². The number of hydrogen-bond acceptors (Lipinski definition) is 3. The summed E-state index contributed by atoms with van der Waals surface area (Å²) >= 11 is 0. The quantitative estimate of drug-likeness (QED) is 0.773. The first-order valence-corrected chi connectivity index (χ1v) is 6.87. The molecule has 1 aliphatic heterocycles. The van der Waals surface area contributed by atoms with Gasteiger partial charge in [-0.2, -0.15) is 0 Å². The molecule has 1 aliphatic rings. The Labute approximate surface area is 101 Å². The lowest BCUT2D eigenvalue weighted by molar-refractivity contribution is 0.124. The maximum atomic E-state index is 5.94. The first-order chi connectivity index (χ1) is 7.72. The van der Waals surface area contributed by atoms with Crippen molar-refractivity contribution in [3.8, 4) is 0 Å². The van der Waals surface area contributed by atoms with Crippen LogP contribution in [0.25, 0.3) is 0 Å². The summed E-state index contributed by atoms with van der Waals surface area (Å²) in [6.07, 6.45) is 5.01. The van der Waals surface area contributed by atoms with E-state index in [0.717, 1.165) is 6.54 Å². The predicted octanol–water partition coefficient (Wildman–Crippen LogP) is 1.53. The van der Waals surface area contributed by atoms with Gasteiger partial charge in [-0.05, 0) is 32.9 Å². The molecule has 3 heteroatoms. The summed E-state index contributed by atoms with van der Waals surface area (Å²) in [6.45, 7) is 9.04. The summed E-state index contributed by atoms with van der Waals surface area (Å²) in [6, 6.07) is 1.30. The van der Waals surface area contributed by atoms with Gasteiger partial charge in [0.1, 0.15) is 0 Å². The molecule has 3 nitrogen and oxygen atoms in total. The molecule has 2 unspecified atom stereocenters. The number of likely N-dealkylation sites (N-methyl/N-ethyl adjacent to an activating group) is 1. The Morgan fingerprint density at radius 2 is 2.06 bits per heavy atom. The normalized spacial score (nSPS) is 26.6. The minimum atomic E-state index is 0.599. The molecule has 0 aromatic carbocycles. The first kappa shape index (κ1) is 13.9. The molecule has 1 fully saturated rings. The molecule has 0 saturated carbocycles. The van der Waals surface area contributed by atoms with Crippen LogP contribution in [0.3, 0.4) is 0 Å². The van der Waals surface area contributed by atoms with E-state index in [1.54, 1.807) is 0 Å². The van der Waals surface area contributed by atoms with Crippen LogP contribution in [0.4, 0.5) is 0 Å². The fourth-order valence-electron chi connectivity index (χ4n) is 2.86. The smallest absolute Gasteiger partial charge is 0.0223 e. The number of rotatable bonds is 5. The van der Waals surface area contributed by atoms with Gasteiger partial charge < -0.3 is 10.6 Å². The second kappa shape index (κ2) is 7.25. The number of nitrogens with zero attached hydrogens (tertiary/aromatic N) is 2. The zero-order valence-electron chi connectivity index (χ0n) is 11.3. The lowest BCUT2D eigenvalue weighted by Crippen LogP contribution is -2.48. The maximum Gasteiger partial charge on any atom is 0.0223 e. The van der Waals surface area contributed by atoms with E-state index in [1.807, 2.05) is 0 Å². The van der Waals surface area contributed by atoms with Crippen LogP contribution >= 0.6 is 0 Å². The van der Waals surface area contributed by atoms with Gasteiger partial charge in [-0.3, -0.25) is 4.90 Å². The summed E-state index contributed by atoms with van der Waals surface area (Å²) in [5.41, 5.74) is 5.94. The molecular weight excluding hydrogens is 198 g/mol. The average molecular weight is 227 g/mol. The highest BCUT2D eigenvalue weighted by Gasteiger charge is 2.26. The van der Waals surface area contributed by atoms with Gasteiger partial charge in [0.05, 0.1) is 0 Å². The fourth-order valence-corrected chi connectivity index (χ4v) is 2.86. The monoisotopic (exact) mass is 227 g/mol. The molecule has 0 aromatic heterocycles. The molecule has 0 spiro atoms. The van der Waals surface area contributed by atoms with Crippen molar-refractivity contribution in [1.29, 1.82) is 0 Å². The molecule has 0 aromatic rings. The van der Waals surface area contributed by atoms with Crippen LogP contribution in [0.1, 0.15) is 39.5 Å². The standard InChI is InChI=1S/C13H29N3/c1-4-7-13(10-14)16-9-6-8-15(3)11-12(16)5-2/h12-13H,4-11,14H2,1-3H3. The van der Waals surface area contributed by atoms with E-state index in [-0.39, 0.29) is 0 Å². The van der Waals surface area contributed by atoms with Crippen molar-refractivity contribution in [2.24, 2.45) is 5.73 Å². The van der Waals surface area contributed by atoms with Crippen molar-refractivity contribution in [3.63, 3.8) is 0 Å². The molecule has 0 radical (unpaired) electrons. The third-order valence-electron chi connectivity index (χ3n) is 3.78. The molecule has 0 aliphatic carbocycles. The Hall–Kier alpha value is -0.120. The molecule has 1 saturated heterocycles. The van der Waals surface area contributed by atoms with Crippen molar-refractivity contribution in [2.75, 3.05) is 33.2 Å². The maximum absolute atomic E-state index is 5.94. The Morgan fingerprint density at radius 1 is 1.31 bits per heavy atom. The minimum Gasteiger partial charge on any atom is -0.329 e.